The minimum Gasteiger partial charge on any atom is -0.309 e. The van der Waals surface area contributed by atoms with Gasteiger partial charge in [0, 0.05) is 42.6 Å². The Morgan fingerprint density at radius 1 is 0.462 bits per heavy atom. The fourth-order valence-corrected chi connectivity index (χ4v) is 10.1. The Balaban J connectivity index is 1.13. The lowest BCUT2D eigenvalue weighted by molar-refractivity contribution is 0.800. The first-order valence-corrected chi connectivity index (χ1v) is 18.9. The minimum atomic E-state index is 0.285. The number of para-hydroxylation sites is 2. The highest BCUT2D eigenvalue weighted by Crippen LogP contribution is 2.51. The van der Waals surface area contributed by atoms with Crippen molar-refractivity contribution < 1.29 is 0 Å². The van der Waals surface area contributed by atoms with Gasteiger partial charge in [0.15, 0.2) is 0 Å². The third kappa shape index (κ3) is 4.48. The molecule has 1 nitrogen and oxygen atoms in total. The second-order valence-corrected chi connectivity index (χ2v) is 15.1. The van der Waals surface area contributed by atoms with Crippen LogP contribution in [-0.2, 0) is 6.42 Å². The van der Waals surface area contributed by atoms with Crippen molar-refractivity contribution in [3.63, 3.8) is 0 Å². The highest BCUT2D eigenvalue weighted by Gasteiger charge is 2.30. The number of thiophene rings is 1. The van der Waals surface area contributed by atoms with Gasteiger partial charge >= 0.3 is 0 Å². The lowest BCUT2D eigenvalue weighted by atomic mass is 9.74. The molecule has 0 saturated carbocycles. The van der Waals surface area contributed by atoms with Crippen LogP contribution in [-0.4, -0.2) is 4.57 Å². The smallest absolute Gasteiger partial charge is 0.0541 e. The van der Waals surface area contributed by atoms with Gasteiger partial charge in [-0.3, -0.25) is 0 Å². The second-order valence-electron chi connectivity index (χ2n) is 14.0. The Morgan fingerprint density at radius 3 is 1.96 bits per heavy atom. The number of aromatic nitrogens is 1. The number of benzene rings is 8. The summed E-state index contributed by atoms with van der Waals surface area (Å²) in [6.45, 7) is 0. The van der Waals surface area contributed by atoms with Crippen molar-refractivity contribution in [2.75, 3.05) is 0 Å². The van der Waals surface area contributed by atoms with Crippen LogP contribution in [0.2, 0.25) is 0 Å². The molecule has 0 N–H and O–H groups in total. The molecule has 2 heteroatoms. The Bertz CT molecular complexity index is 2970. The van der Waals surface area contributed by atoms with Gasteiger partial charge in [0.05, 0.1) is 11.0 Å². The zero-order valence-electron chi connectivity index (χ0n) is 28.5. The Hall–Kier alpha value is -6.22. The van der Waals surface area contributed by atoms with Crippen molar-refractivity contribution >= 4 is 53.3 Å². The topological polar surface area (TPSA) is 4.93 Å². The molecule has 10 aromatic rings. The summed E-state index contributed by atoms with van der Waals surface area (Å²) >= 11 is 1.96. The molecular formula is C50H33NS. The summed E-state index contributed by atoms with van der Waals surface area (Å²) in [7, 11) is 0. The van der Waals surface area contributed by atoms with Gasteiger partial charge in [-0.2, -0.15) is 0 Å². The van der Waals surface area contributed by atoms with E-state index in [1.54, 1.807) is 0 Å². The first-order chi connectivity index (χ1) is 25.8. The molecule has 244 valence electrons. The number of nitrogens with zero attached hydrogens (tertiary/aromatic N) is 1. The maximum absolute atomic E-state index is 2.52. The summed E-state index contributed by atoms with van der Waals surface area (Å²) in [6, 6.07) is 67.3. The molecule has 0 radical (unpaired) electrons. The summed E-state index contributed by atoms with van der Waals surface area (Å²) in [5.41, 5.74) is 15.7. The van der Waals surface area contributed by atoms with Gasteiger partial charge in [-0.1, -0.05) is 140 Å². The zero-order chi connectivity index (χ0) is 34.2. The first-order valence-electron chi connectivity index (χ1n) is 18.1. The zero-order valence-corrected chi connectivity index (χ0v) is 29.3. The van der Waals surface area contributed by atoms with Crippen LogP contribution in [0.1, 0.15) is 22.6 Å². The van der Waals surface area contributed by atoms with Crippen molar-refractivity contribution in [3.05, 3.63) is 199 Å². The van der Waals surface area contributed by atoms with Crippen LogP contribution in [0.5, 0.6) is 0 Å². The van der Waals surface area contributed by atoms with E-state index >= 15 is 0 Å². The molecule has 1 unspecified atom stereocenters. The quantitative estimate of drug-likeness (QED) is 0.174. The molecule has 1 atom stereocenters. The number of rotatable bonds is 4. The second kappa shape index (κ2) is 11.7. The van der Waals surface area contributed by atoms with Crippen LogP contribution < -0.4 is 0 Å². The molecule has 0 amide bonds. The van der Waals surface area contributed by atoms with E-state index in [1.807, 2.05) is 11.3 Å². The fraction of sp³-hybridized carbons (Fsp3) is 0.0400. The fourth-order valence-electron chi connectivity index (χ4n) is 8.81. The van der Waals surface area contributed by atoms with E-state index < -0.39 is 0 Å². The summed E-state index contributed by atoms with van der Waals surface area (Å²) in [5.74, 6) is 0.285. The van der Waals surface area contributed by atoms with Crippen molar-refractivity contribution in [1.29, 1.82) is 0 Å². The minimum absolute atomic E-state index is 0.285. The molecule has 2 heterocycles. The van der Waals surface area contributed by atoms with Gasteiger partial charge in [0.2, 0.25) is 0 Å². The average molecular weight is 680 g/mol. The maximum Gasteiger partial charge on any atom is 0.0541 e. The third-order valence-corrected chi connectivity index (χ3v) is 12.4. The predicted octanol–water partition coefficient (Wildman–Crippen LogP) is 13.8. The van der Waals surface area contributed by atoms with Crippen molar-refractivity contribution in [3.8, 4) is 39.1 Å². The van der Waals surface area contributed by atoms with Gasteiger partial charge in [-0.25, -0.2) is 0 Å². The molecule has 0 bridgehead atoms. The first kappa shape index (κ1) is 29.5. The van der Waals surface area contributed by atoms with Gasteiger partial charge < -0.3 is 4.57 Å². The summed E-state index contributed by atoms with van der Waals surface area (Å²) in [4.78, 5) is 0. The van der Waals surface area contributed by atoms with E-state index in [2.05, 4.69) is 187 Å². The molecule has 52 heavy (non-hydrogen) atoms. The van der Waals surface area contributed by atoms with E-state index in [0.29, 0.717) is 0 Å². The normalized spacial score (nSPS) is 13.9. The Morgan fingerprint density at radius 2 is 1.12 bits per heavy atom. The van der Waals surface area contributed by atoms with E-state index in [1.165, 1.54) is 97.7 Å². The van der Waals surface area contributed by atoms with Gasteiger partial charge in [-0.05, 0) is 99.0 Å². The van der Waals surface area contributed by atoms with Crippen molar-refractivity contribution in [2.24, 2.45) is 0 Å². The molecule has 0 saturated heterocycles. The van der Waals surface area contributed by atoms with E-state index in [0.717, 1.165) is 6.42 Å². The third-order valence-electron chi connectivity index (χ3n) is 11.2. The maximum atomic E-state index is 2.52. The predicted molar refractivity (Wildman–Crippen MR) is 222 cm³/mol. The Kier molecular flexibility index (Phi) is 6.62. The van der Waals surface area contributed by atoms with E-state index in [9.17, 15) is 0 Å². The molecule has 8 aromatic carbocycles. The largest absolute Gasteiger partial charge is 0.309 e. The van der Waals surface area contributed by atoms with Crippen LogP contribution in [0.25, 0.3) is 81.0 Å². The molecule has 0 fully saturated rings. The Labute approximate surface area is 306 Å². The molecule has 1 aliphatic carbocycles. The average Bonchev–Trinajstić information content (AvgIpc) is 3.77. The summed E-state index contributed by atoms with van der Waals surface area (Å²) < 4.78 is 5.16. The molecule has 1 aliphatic rings. The number of fused-ring (bicyclic) bond motifs is 10. The van der Waals surface area contributed by atoms with Crippen molar-refractivity contribution in [2.45, 2.75) is 12.3 Å². The van der Waals surface area contributed by atoms with E-state index in [4.69, 9.17) is 0 Å². The summed E-state index contributed by atoms with van der Waals surface area (Å²) in [6.07, 6.45) is 0.976. The number of hydrogen-bond donors (Lipinski definition) is 0. The highest BCUT2D eigenvalue weighted by atomic mass is 32.1. The monoisotopic (exact) mass is 679 g/mol. The van der Waals surface area contributed by atoms with Crippen molar-refractivity contribution in [1.82, 2.24) is 4.57 Å². The summed E-state index contributed by atoms with van der Waals surface area (Å²) in [5, 5.41) is 5.28. The molecule has 2 aromatic heterocycles. The van der Waals surface area contributed by atoms with Gasteiger partial charge in [-0.15, -0.1) is 11.3 Å². The molecule has 0 aliphatic heterocycles. The SMILES string of the molecule is c1ccc(-c2ccc(C3Cc4c(cc(-c5ccc6c(c5)c5ccccc5n6-c5ccccc5)c5c4sc4ccccc45)-c4ccccc43)cc2)cc1. The lowest BCUT2D eigenvalue weighted by Crippen LogP contribution is -2.13. The highest BCUT2D eigenvalue weighted by molar-refractivity contribution is 7.26. The van der Waals surface area contributed by atoms with Crippen LogP contribution in [0.3, 0.4) is 0 Å². The van der Waals surface area contributed by atoms with Crippen LogP contribution in [0.4, 0.5) is 0 Å². The van der Waals surface area contributed by atoms with E-state index in [-0.39, 0.29) is 5.92 Å². The molecule has 11 rings (SSSR count). The molecular weight excluding hydrogens is 647 g/mol. The standard InChI is InChI=1S/C50H33NS/c1-3-13-32(14-4-1)33-23-25-34(26-24-33)41-30-45-43(38-18-8-7-17-37(38)41)31-42(49-40-20-10-12-22-48(40)52-50(45)49)35-27-28-47-44(29-35)39-19-9-11-21-46(39)51(47)36-15-5-2-6-16-36/h1-29,31,41H,30H2. The lowest BCUT2D eigenvalue weighted by Gasteiger charge is -2.29. The van der Waals surface area contributed by atoms with Gasteiger partial charge in [0.1, 0.15) is 0 Å². The van der Waals surface area contributed by atoms with Gasteiger partial charge in [0.25, 0.3) is 0 Å². The number of hydrogen-bond acceptors (Lipinski definition) is 1. The van der Waals surface area contributed by atoms with Crippen LogP contribution in [0, 0.1) is 0 Å². The molecule has 0 spiro atoms. The van der Waals surface area contributed by atoms with Crippen LogP contribution in [0.15, 0.2) is 182 Å². The van der Waals surface area contributed by atoms with Crippen LogP contribution >= 0.6 is 11.3 Å².